The van der Waals surface area contributed by atoms with E-state index < -0.39 is 24.5 Å². The van der Waals surface area contributed by atoms with Crippen molar-refractivity contribution in [2.45, 2.75) is 12.3 Å². The fourth-order valence-corrected chi connectivity index (χ4v) is 0.290. The molecule has 2 N–H and O–H groups in total. The highest BCUT2D eigenvalue weighted by Crippen LogP contribution is 2.28. The zero-order chi connectivity index (χ0) is 8.36. The summed E-state index contributed by atoms with van der Waals surface area (Å²) < 4.78 is 46.8. The quantitative estimate of drug-likeness (QED) is 0.486. The van der Waals surface area contributed by atoms with Crippen molar-refractivity contribution in [1.82, 2.24) is 0 Å². The van der Waals surface area contributed by atoms with Crippen LogP contribution in [0.2, 0.25) is 0 Å². The Hall–Kier alpha value is -0.580. The lowest BCUT2D eigenvalue weighted by Gasteiger charge is -2.15. The van der Waals surface area contributed by atoms with Gasteiger partial charge < -0.3 is 5.73 Å². The largest absolute Gasteiger partial charge is 0.329 e. The number of alkyl halides is 4. The highest BCUT2D eigenvalue weighted by atomic mass is 19.3. The van der Waals surface area contributed by atoms with Crippen molar-refractivity contribution in [3.05, 3.63) is 12.2 Å². The van der Waals surface area contributed by atoms with E-state index >= 15 is 0 Å². The predicted molar refractivity (Wildman–Crippen MR) is 29.1 cm³/mol. The van der Waals surface area contributed by atoms with Gasteiger partial charge in [-0.05, 0) is 0 Å². The summed E-state index contributed by atoms with van der Waals surface area (Å²) in [5.74, 6) is -4.14. The van der Waals surface area contributed by atoms with Crippen LogP contribution < -0.4 is 5.73 Å². The van der Waals surface area contributed by atoms with Gasteiger partial charge in [0.25, 0.3) is 0 Å². The van der Waals surface area contributed by atoms with Gasteiger partial charge in [-0.15, -0.1) is 0 Å². The Morgan fingerprint density at radius 3 is 2.00 bits per heavy atom. The third-order valence-electron chi connectivity index (χ3n) is 0.992. The molecular weight excluding hydrogens is 150 g/mol. The van der Waals surface area contributed by atoms with Gasteiger partial charge in [0.1, 0.15) is 0 Å². The topological polar surface area (TPSA) is 26.0 Å². The molecule has 0 aliphatic carbocycles. The normalized spacial score (nSPS) is 12.2. The molecule has 0 aromatic rings. The third kappa shape index (κ3) is 1.70. The first-order valence-electron chi connectivity index (χ1n) is 2.47. The second kappa shape index (κ2) is 3.01. The highest BCUT2D eigenvalue weighted by Gasteiger charge is 2.42. The van der Waals surface area contributed by atoms with Crippen molar-refractivity contribution in [3.8, 4) is 0 Å². The van der Waals surface area contributed by atoms with Gasteiger partial charge in [-0.1, -0.05) is 6.58 Å². The van der Waals surface area contributed by atoms with Gasteiger partial charge in [0.2, 0.25) is 0 Å². The number of hydrogen-bond acceptors (Lipinski definition) is 1. The third-order valence-corrected chi connectivity index (χ3v) is 0.992. The first-order chi connectivity index (χ1) is 4.42. The first kappa shape index (κ1) is 9.42. The second-order valence-electron chi connectivity index (χ2n) is 1.73. The van der Waals surface area contributed by atoms with E-state index in [9.17, 15) is 17.6 Å². The molecule has 0 unspecified atom stereocenters. The molecule has 0 atom stereocenters. The van der Waals surface area contributed by atoms with Gasteiger partial charge in [0.05, 0.1) is 0 Å². The highest BCUT2D eigenvalue weighted by molar-refractivity contribution is 5.09. The Bertz CT molecular complexity index is 132. The van der Waals surface area contributed by atoms with Crippen LogP contribution in [0.5, 0.6) is 0 Å². The minimum Gasteiger partial charge on any atom is -0.327 e. The van der Waals surface area contributed by atoms with Crippen molar-refractivity contribution < 1.29 is 17.6 Å². The average molecular weight is 157 g/mol. The Morgan fingerprint density at radius 1 is 1.50 bits per heavy atom. The van der Waals surface area contributed by atoms with Gasteiger partial charge >= 0.3 is 12.3 Å². The molecule has 10 heavy (non-hydrogen) atoms. The van der Waals surface area contributed by atoms with Crippen LogP contribution in [-0.4, -0.2) is 18.9 Å². The Kier molecular flexibility index (Phi) is 2.83. The maximum atomic E-state index is 12.0. The molecule has 0 aliphatic heterocycles. The summed E-state index contributed by atoms with van der Waals surface area (Å²) in [6, 6.07) is 0. The fourth-order valence-electron chi connectivity index (χ4n) is 0.290. The second-order valence-corrected chi connectivity index (χ2v) is 1.73. The molecule has 0 saturated carbocycles. The van der Waals surface area contributed by atoms with Crippen LogP contribution in [0.4, 0.5) is 17.6 Å². The van der Waals surface area contributed by atoms with E-state index in [0.29, 0.717) is 0 Å². The van der Waals surface area contributed by atoms with E-state index in [2.05, 4.69) is 12.3 Å². The summed E-state index contributed by atoms with van der Waals surface area (Å²) in [4.78, 5) is 0. The van der Waals surface area contributed by atoms with Crippen LogP contribution in [0.15, 0.2) is 12.2 Å². The zero-order valence-corrected chi connectivity index (χ0v) is 5.08. The Morgan fingerprint density at radius 2 is 1.90 bits per heavy atom. The lowest BCUT2D eigenvalue weighted by molar-refractivity contribution is -0.0995. The molecule has 0 aromatic heterocycles. The maximum Gasteiger partial charge on any atom is 0.329 e. The summed E-state index contributed by atoms with van der Waals surface area (Å²) in [7, 11) is 0. The van der Waals surface area contributed by atoms with Crippen molar-refractivity contribution in [2.75, 3.05) is 6.54 Å². The molecule has 0 heterocycles. The van der Waals surface area contributed by atoms with Crippen molar-refractivity contribution >= 4 is 0 Å². The predicted octanol–water partition coefficient (Wildman–Crippen LogP) is 1.40. The van der Waals surface area contributed by atoms with Gasteiger partial charge in [-0.2, -0.15) is 8.78 Å². The van der Waals surface area contributed by atoms with Gasteiger partial charge in [0, 0.05) is 12.1 Å². The molecule has 5 heteroatoms. The maximum absolute atomic E-state index is 12.0. The number of halogens is 4. The zero-order valence-electron chi connectivity index (χ0n) is 5.08. The molecule has 0 spiro atoms. The van der Waals surface area contributed by atoms with E-state index in [1.807, 2.05) is 0 Å². The van der Waals surface area contributed by atoms with Crippen molar-refractivity contribution in [2.24, 2.45) is 5.73 Å². The lowest BCUT2D eigenvalue weighted by Crippen LogP contribution is -2.32. The minimum atomic E-state index is -4.14. The average Bonchev–Trinajstić information content (AvgIpc) is 1.86. The first-order valence-corrected chi connectivity index (χ1v) is 2.47. The van der Waals surface area contributed by atoms with Gasteiger partial charge in [0.15, 0.2) is 0 Å². The monoisotopic (exact) mass is 157 g/mol. The molecule has 60 valence electrons. The molecular formula is C5H7F4N. The molecule has 0 fully saturated rings. The van der Waals surface area contributed by atoms with E-state index in [0.717, 1.165) is 0 Å². The van der Waals surface area contributed by atoms with Crippen LogP contribution in [-0.2, 0) is 0 Å². The molecule has 0 aromatic carbocycles. The van der Waals surface area contributed by atoms with Crippen LogP contribution in [0, 0.1) is 0 Å². The molecule has 0 saturated heterocycles. The number of nitrogens with two attached hydrogens (primary N) is 1. The van der Waals surface area contributed by atoms with E-state index in [4.69, 9.17) is 0 Å². The summed E-state index contributed by atoms with van der Waals surface area (Å²) in [5, 5.41) is 0. The van der Waals surface area contributed by atoms with E-state index in [1.54, 1.807) is 0 Å². The smallest absolute Gasteiger partial charge is 0.327 e. The Labute approximate surface area is 55.5 Å². The molecule has 0 rings (SSSR count). The van der Waals surface area contributed by atoms with Crippen LogP contribution in [0.25, 0.3) is 0 Å². The SMILES string of the molecule is C=C(CN)C(F)(F)C(F)F. The summed E-state index contributed by atoms with van der Waals surface area (Å²) in [5.41, 5.74) is 3.74. The molecule has 0 amide bonds. The van der Waals surface area contributed by atoms with Crippen molar-refractivity contribution in [3.63, 3.8) is 0 Å². The minimum absolute atomic E-state index is 0.628. The standard InChI is InChI=1S/C5H7F4N/c1-3(2-10)5(8,9)4(6)7/h4H,1-2,10H2. The molecule has 0 bridgehead atoms. The van der Waals surface area contributed by atoms with Crippen molar-refractivity contribution in [1.29, 1.82) is 0 Å². The van der Waals surface area contributed by atoms with Gasteiger partial charge in [-0.25, -0.2) is 8.78 Å². The van der Waals surface area contributed by atoms with E-state index in [-0.39, 0.29) is 0 Å². The summed E-state index contributed by atoms with van der Waals surface area (Å²) in [6.07, 6.45) is -3.72. The summed E-state index contributed by atoms with van der Waals surface area (Å²) >= 11 is 0. The number of rotatable bonds is 3. The molecule has 0 aliphatic rings. The van der Waals surface area contributed by atoms with E-state index in [1.165, 1.54) is 0 Å². The Balaban J connectivity index is 4.24. The summed E-state index contributed by atoms with van der Waals surface area (Å²) in [6.45, 7) is 2.08. The fraction of sp³-hybridized carbons (Fsp3) is 0.600. The van der Waals surface area contributed by atoms with Gasteiger partial charge in [-0.3, -0.25) is 0 Å². The van der Waals surface area contributed by atoms with Crippen LogP contribution in [0.3, 0.4) is 0 Å². The van der Waals surface area contributed by atoms with Crippen LogP contribution >= 0.6 is 0 Å². The number of hydrogen-bond donors (Lipinski definition) is 1. The van der Waals surface area contributed by atoms with Crippen LogP contribution in [0.1, 0.15) is 0 Å². The molecule has 0 radical (unpaired) electrons. The molecule has 1 nitrogen and oxygen atoms in total. The lowest BCUT2D eigenvalue weighted by atomic mass is 10.1.